The first kappa shape index (κ1) is 24.8. The summed E-state index contributed by atoms with van der Waals surface area (Å²) in [4.78, 5) is 20.9. The Labute approximate surface area is 228 Å². The van der Waals surface area contributed by atoms with Crippen LogP contribution in [0.1, 0.15) is 47.7 Å². The molecule has 2 aromatic heterocycles. The number of fused-ring (bicyclic) bond motifs is 7. The van der Waals surface area contributed by atoms with Crippen LogP contribution >= 0.6 is 0 Å². The SMILES string of the molecule is [C-]#[N+]c1ccc(-n2c(O)c3c(c2O)C2(C)OC3(CCC3C(=O)c4ccccc4S3(=O)=O)C[C@H]2O)c2cccnc12. The highest BCUT2D eigenvalue weighted by Gasteiger charge is 2.66. The van der Waals surface area contributed by atoms with Gasteiger partial charge in [0, 0.05) is 23.6 Å². The highest BCUT2D eigenvalue weighted by Crippen LogP contribution is 2.66. The lowest BCUT2D eigenvalue weighted by Crippen LogP contribution is -2.33. The average molecular weight is 558 g/mol. The van der Waals surface area contributed by atoms with Crippen molar-refractivity contribution < 1.29 is 33.3 Å². The summed E-state index contributed by atoms with van der Waals surface area (Å²) in [5.41, 5.74) is -1.03. The molecule has 11 heteroatoms. The lowest BCUT2D eigenvalue weighted by molar-refractivity contribution is -0.105. The second kappa shape index (κ2) is 7.91. The Morgan fingerprint density at radius 2 is 1.88 bits per heavy atom. The summed E-state index contributed by atoms with van der Waals surface area (Å²) in [7, 11) is -3.92. The van der Waals surface area contributed by atoms with Crippen LogP contribution in [0.5, 0.6) is 11.8 Å². The summed E-state index contributed by atoms with van der Waals surface area (Å²) >= 11 is 0. The topological polar surface area (TPSA) is 143 Å². The molecule has 1 saturated heterocycles. The Bertz CT molecular complexity index is 1940. The Balaban J connectivity index is 1.35. The first-order valence-electron chi connectivity index (χ1n) is 12.7. The van der Waals surface area contributed by atoms with Gasteiger partial charge in [-0.15, -0.1) is 0 Å². The molecule has 10 nitrogen and oxygen atoms in total. The zero-order valence-electron chi connectivity index (χ0n) is 21.2. The van der Waals surface area contributed by atoms with Gasteiger partial charge in [-0.3, -0.25) is 14.3 Å². The maximum absolute atomic E-state index is 13.2. The molecule has 2 aromatic carbocycles. The van der Waals surface area contributed by atoms with Gasteiger partial charge < -0.3 is 20.1 Å². The van der Waals surface area contributed by atoms with Crippen LogP contribution in [0.2, 0.25) is 0 Å². The van der Waals surface area contributed by atoms with Crippen molar-refractivity contribution in [3.8, 4) is 17.4 Å². The number of aromatic nitrogens is 2. The van der Waals surface area contributed by atoms with E-state index in [1.54, 1.807) is 49.5 Å². The number of sulfone groups is 1. The third-order valence-electron chi connectivity index (χ3n) is 8.66. The highest BCUT2D eigenvalue weighted by atomic mass is 32.2. The Kier molecular flexibility index (Phi) is 4.90. The smallest absolute Gasteiger partial charge is 0.213 e. The van der Waals surface area contributed by atoms with Crippen LogP contribution in [0.3, 0.4) is 0 Å². The number of Topliss-reactive ketones (excluding diaryl/α,β-unsaturated/α-hetero) is 1. The van der Waals surface area contributed by atoms with Crippen molar-refractivity contribution >= 4 is 32.2 Å². The third-order valence-corrected chi connectivity index (χ3v) is 10.8. The van der Waals surface area contributed by atoms with E-state index in [0.717, 1.165) is 0 Å². The number of rotatable bonds is 4. The molecule has 0 aliphatic carbocycles. The molecule has 0 saturated carbocycles. The summed E-state index contributed by atoms with van der Waals surface area (Å²) < 4.78 is 34.0. The molecular formula is C29H23N3O7S. The number of aliphatic hydroxyl groups excluding tert-OH is 1. The highest BCUT2D eigenvalue weighted by molar-refractivity contribution is 7.93. The summed E-state index contributed by atoms with van der Waals surface area (Å²) in [6.45, 7) is 9.08. The quantitative estimate of drug-likeness (QED) is 0.320. The first-order chi connectivity index (χ1) is 19.0. The molecule has 0 radical (unpaired) electrons. The van der Waals surface area contributed by atoms with Crippen LogP contribution in [0.25, 0.3) is 21.4 Å². The molecule has 4 atom stereocenters. The van der Waals surface area contributed by atoms with Gasteiger partial charge in [-0.05, 0) is 38.0 Å². The number of hydrogen-bond donors (Lipinski definition) is 3. The third kappa shape index (κ3) is 2.90. The lowest BCUT2D eigenvalue weighted by atomic mass is 9.75. The number of carbonyl (C=O) groups excluding carboxylic acids is 1. The second-order valence-electron chi connectivity index (χ2n) is 10.7. The monoisotopic (exact) mass is 557 g/mol. The molecule has 5 heterocycles. The van der Waals surface area contributed by atoms with E-state index in [2.05, 4.69) is 9.83 Å². The maximum atomic E-state index is 13.2. The number of benzene rings is 2. The summed E-state index contributed by atoms with van der Waals surface area (Å²) in [6.07, 6.45) is 0.438. The van der Waals surface area contributed by atoms with E-state index >= 15 is 0 Å². The van der Waals surface area contributed by atoms with Gasteiger partial charge in [-0.1, -0.05) is 30.3 Å². The fraction of sp³-hybridized carbons (Fsp3) is 0.276. The van der Waals surface area contributed by atoms with Gasteiger partial charge >= 0.3 is 0 Å². The van der Waals surface area contributed by atoms with Gasteiger partial charge in [-0.25, -0.2) is 13.3 Å². The first-order valence-corrected chi connectivity index (χ1v) is 14.3. The average Bonchev–Trinajstić information content (AvgIpc) is 3.54. The minimum atomic E-state index is -3.92. The zero-order chi connectivity index (χ0) is 28.2. The largest absolute Gasteiger partial charge is 0.494 e. The van der Waals surface area contributed by atoms with E-state index in [0.29, 0.717) is 22.3 Å². The van der Waals surface area contributed by atoms with Crippen molar-refractivity contribution in [1.29, 1.82) is 0 Å². The van der Waals surface area contributed by atoms with Crippen LogP contribution in [-0.4, -0.2) is 50.4 Å². The molecule has 0 amide bonds. The number of pyridine rings is 1. The van der Waals surface area contributed by atoms with Crippen LogP contribution < -0.4 is 0 Å². The Morgan fingerprint density at radius 3 is 2.62 bits per heavy atom. The zero-order valence-corrected chi connectivity index (χ0v) is 22.0. The lowest BCUT2D eigenvalue weighted by Gasteiger charge is -2.27. The molecule has 1 fully saturated rings. The number of aliphatic hydroxyl groups is 1. The van der Waals surface area contributed by atoms with Gasteiger partial charge in [0.05, 0.1) is 39.9 Å². The summed E-state index contributed by atoms with van der Waals surface area (Å²) in [5.74, 6) is -1.16. The van der Waals surface area contributed by atoms with Crippen LogP contribution in [-0.2, 0) is 25.8 Å². The minimum Gasteiger partial charge on any atom is -0.494 e. The van der Waals surface area contributed by atoms with E-state index in [9.17, 15) is 28.5 Å². The molecule has 4 aromatic rings. The standard InChI is InChI=1S/C29H23N3O7S/c1-28-21(33)14-29(39-28,12-11-20-25(34)16-6-3-4-8-19(16)40(20,37)38)23-22(28)26(35)32(27(23)36)18-10-9-17(30-2)24-15(18)7-5-13-31-24/h3-10,13,20-21,33,35-36H,11-12,14H2,1H3/t20?,21-,28?,29?/m1/s1. The van der Waals surface area contributed by atoms with Gasteiger partial charge in [0.15, 0.2) is 15.6 Å². The predicted molar refractivity (Wildman–Crippen MR) is 142 cm³/mol. The van der Waals surface area contributed by atoms with Gasteiger partial charge in [0.2, 0.25) is 17.4 Å². The van der Waals surface area contributed by atoms with E-state index in [1.807, 2.05) is 0 Å². The van der Waals surface area contributed by atoms with E-state index in [1.165, 1.54) is 16.7 Å². The van der Waals surface area contributed by atoms with Crippen molar-refractivity contribution in [2.24, 2.45) is 0 Å². The number of ketones is 1. The molecule has 202 valence electrons. The molecule has 3 unspecified atom stereocenters. The fourth-order valence-electron chi connectivity index (χ4n) is 6.81. The van der Waals surface area contributed by atoms with E-state index in [-0.39, 0.29) is 52.6 Å². The molecule has 7 rings (SSSR count). The molecule has 40 heavy (non-hydrogen) atoms. The maximum Gasteiger partial charge on any atom is 0.213 e. The van der Waals surface area contributed by atoms with Crippen LogP contribution in [0.15, 0.2) is 59.6 Å². The number of ether oxygens (including phenoxy) is 1. The van der Waals surface area contributed by atoms with Gasteiger partial charge in [0.25, 0.3) is 0 Å². The number of aromatic hydroxyl groups is 2. The van der Waals surface area contributed by atoms with E-state index in [4.69, 9.17) is 11.3 Å². The number of hydrogen-bond acceptors (Lipinski definition) is 8. The van der Waals surface area contributed by atoms with Crippen molar-refractivity contribution in [2.75, 3.05) is 0 Å². The Morgan fingerprint density at radius 1 is 1.12 bits per heavy atom. The minimum absolute atomic E-state index is 0.00168. The molecule has 0 spiro atoms. The second-order valence-corrected chi connectivity index (χ2v) is 12.8. The fourth-order valence-corrected chi connectivity index (χ4v) is 8.70. The van der Waals surface area contributed by atoms with Crippen molar-refractivity contribution in [2.45, 2.75) is 53.6 Å². The summed E-state index contributed by atoms with van der Waals surface area (Å²) in [5, 5.41) is 33.4. The normalized spacial score (nSPS) is 27.6. The van der Waals surface area contributed by atoms with Crippen molar-refractivity contribution in [3.05, 3.63) is 82.8 Å². The van der Waals surface area contributed by atoms with Gasteiger partial charge in [0.1, 0.15) is 16.5 Å². The van der Waals surface area contributed by atoms with Crippen molar-refractivity contribution in [3.63, 3.8) is 0 Å². The predicted octanol–water partition coefficient (Wildman–Crippen LogP) is 4.01. The van der Waals surface area contributed by atoms with Crippen LogP contribution in [0.4, 0.5) is 5.69 Å². The Hall–Kier alpha value is -4.24. The summed E-state index contributed by atoms with van der Waals surface area (Å²) in [6, 6.07) is 12.7. The molecule has 3 aliphatic heterocycles. The van der Waals surface area contributed by atoms with Gasteiger partial charge in [-0.2, -0.15) is 0 Å². The van der Waals surface area contributed by atoms with Crippen molar-refractivity contribution in [1.82, 2.24) is 9.55 Å². The molecule has 3 N–H and O–H groups in total. The number of carbonyl (C=O) groups is 1. The molecule has 2 bridgehead atoms. The van der Waals surface area contributed by atoms with Crippen LogP contribution in [0, 0.1) is 6.57 Å². The number of nitrogens with zero attached hydrogens (tertiary/aromatic N) is 3. The molecule has 3 aliphatic rings. The molecular weight excluding hydrogens is 534 g/mol. The van der Waals surface area contributed by atoms with E-state index < -0.39 is 38.2 Å².